The normalized spacial score (nSPS) is 26.6. The van der Waals surface area contributed by atoms with Gasteiger partial charge in [0.15, 0.2) is 0 Å². The highest BCUT2D eigenvalue weighted by molar-refractivity contribution is 5.92. The molecule has 3 aliphatic rings. The first kappa shape index (κ1) is 17.0. The molecule has 24 heavy (non-hydrogen) atoms. The molecule has 1 saturated carbocycles. The average Bonchev–Trinajstić information content (AvgIpc) is 3.43. The fraction of sp³-hybridized carbons (Fsp3) is 0.722. The van der Waals surface area contributed by atoms with Gasteiger partial charge in [0.1, 0.15) is 0 Å². The molecule has 2 atom stereocenters. The van der Waals surface area contributed by atoms with E-state index in [9.17, 15) is 14.4 Å². The zero-order valence-corrected chi connectivity index (χ0v) is 14.2. The molecular formula is C18H27N3O3. The van der Waals surface area contributed by atoms with Crippen LogP contribution in [0.15, 0.2) is 11.6 Å². The van der Waals surface area contributed by atoms with Gasteiger partial charge >= 0.3 is 0 Å². The number of carbonyl (C=O) groups excluding carboxylic acids is 3. The van der Waals surface area contributed by atoms with Crippen LogP contribution in [0, 0.1) is 11.8 Å². The van der Waals surface area contributed by atoms with Crippen LogP contribution in [0.4, 0.5) is 0 Å². The van der Waals surface area contributed by atoms with E-state index in [1.54, 1.807) is 9.80 Å². The Morgan fingerprint density at radius 3 is 2.62 bits per heavy atom. The van der Waals surface area contributed by atoms with Gasteiger partial charge in [-0.05, 0) is 38.5 Å². The molecule has 132 valence electrons. The Hall–Kier alpha value is -1.85. The van der Waals surface area contributed by atoms with Crippen LogP contribution in [-0.4, -0.2) is 60.7 Å². The number of carbonyl (C=O) groups is 3. The lowest BCUT2D eigenvalue weighted by molar-refractivity contribution is -0.137. The molecule has 3 rings (SSSR count). The number of hydrogen-bond donors (Lipinski definition) is 1. The molecule has 2 aliphatic carbocycles. The number of nitrogens with one attached hydrogen (secondary N) is 1. The van der Waals surface area contributed by atoms with E-state index in [-0.39, 0.29) is 23.7 Å². The molecule has 3 amide bonds. The maximum absolute atomic E-state index is 12.4. The molecule has 6 nitrogen and oxygen atoms in total. The second-order valence-electron chi connectivity index (χ2n) is 7.06. The van der Waals surface area contributed by atoms with Crippen LogP contribution in [-0.2, 0) is 14.4 Å². The van der Waals surface area contributed by atoms with Crippen molar-refractivity contribution in [1.29, 1.82) is 0 Å². The summed E-state index contributed by atoms with van der Waals surface area (Å²) in [6, 6.07) is 0. The quantitative estimate of drug-likeness (QED) is 0.581. The minimum Gasteiger partial charge on any atom is -0.356 e. The number of amides is 3. The van der Waals surface area contributed by atoms with Gasteiger partial charge < -0.3 is 15.1 Å². The second kappa shape index (κ2) is 7.81. The van der Waals surface area contributed by atoms with Crippen LogP contribution in [0.5, 0.6) is 0 Å². The molecule has 0 bridgehead atoms. The molecule has 1 N–H and O–H groups in total. The lowest BCUT2D eigenvalue weighted by Gasteiger charge is -2.32. The van der Waals surface area contributed by atoms with Gasteiger partial charge in [-0.25, -0.2) is 0 Å². The van der Waals surface area contributed by atoms with Crippen LogP contribution in [0.3, 0.4) is 0 Å². The largest absolute Gasteiger partial charge is 0.356 e. The molecule has 0 spiro atoms. The Morgan fingerprint density at radius 2 is 1.96 bits per heavy atom. The summed E-state index contributed by atoms with van der Waals surface area (Å²) in [4.78, 5) is 38.8. The van der Waals surface area contributed by atoms with E-state index in [1.165, 1.54) is 24.8 Å². The Morgan fingerprint density at radius 1 is 1.17 bits per heavy atom. The third-order valence-corrected chi connectivity index (χ3v) is 5.35. The Labute approximate surface area is 143 Å². The second-order valence-corrected chi connectivity index (χ2v) is 7.06. The van der Waals surface area contributed by atoms with Gasteiger partial charge in [-0.3, -0.25) is 14.4 Å². The minimum absolute atomic E-state index is 0.0243. The summed E-state index contributed by atoms with van der Waals surface area (Å²) < 4.78 is 0. The van der Waals surface area contributed by atoms with Crippen molar-refractivity contribution < 1.29 is 14.4 Å². The molecular weight excluding hydrogens is 306 g/mol. The van der Waals surface area contributed by atoms with Crippen molar-refractivity contribution in [2.24, 2.45) is 11.8 Å². The van der Waals surface area contributed by atoms with Gasteiger partial charge in [-0.1, -0.05) is 11.6 Å². The Balaban J connectivity index is 1.36. The molecule has 6 heteroatoms. The van der Waals surface area contributed by atoms with Crippen molar-refractivity contribution in [2.75, 3.05) is 32.7 Å². The van der Waals surface area contributed by atoms with Crippen molar-refractivity contribution >= 4 is 18.2 Å². The summed E-state index contributed by atoms with van der Waals surface area (Å²) in [6.07, 6.45) is 9.60. The number of hydrogen-bond acceptors (Lipinski definition) is 3. The topological polar surface area (TPSA) is 69.7 Å². The van der Waals surface area contributed by atoms with Crippen molar-refractivity contribution in [1.82, 2.24) is 15.1 Å². The number of nitrogens with zero attached hydrogens (tertiary/aromatic N) is 2. The van der Waals surface area contributed by atoms with Crippen LogP contribution >= 0.6 is 0 Å². The van der Waals surface area contributed by atoms with Crippen molar-refractivity contribution in [3.63, 3.8) is 0 Å². The third kappa shape index (κ3) is 4.16. The predicted molar refractivity (Wildman–Crippen MR) is 90.0 cm³/mol. The summed E-state index contributed by atoms with van der Waals surface area (Å²) in [7, 11) is 0. The maximum Gasteiger partial charge on any atom is 0.226 e. The smallest absolute Gasteiger partial charge is 0.226 e. The van der Waals surface area contributed by atoms with E-state index in [2.05, 4.69) is 11.4 Å². The highest BCUT2D eigenvalue weighted by Crippen LogP contribution is 2.40. The van der Waals surface area contributed by atoms with Crippen LogP contribution in [0.1, 0.15) is 38.5 Å². The highest BCUT2D eigenvalue weighted by Gasteiger charge is 2.49. The van der Waals surface area contributed by atoms with Crippen LogP contribution < -0.4 is 5.32 Å². The number of allylic oxidation sites excluding steroid dienone is 1. The summed E-state index contributed by atoms with van der Waals surface area (Å²) >= 11 is 0. The van der Waals surface area contributed by atoms with E-state index >= 15 is 0 Å². The molecule has 0 radical (unpaired) electrons. The van der Waals surface area contributed by atoms with Crippen molar-refractivity contribution in [2.45, 2.75) is 38.5 Å². The van der Waals surface area contributed by atoms with Crippen molar-refractivity contribution in [3.8, 4) is 0 Å². The third-order valence-electron chi connectivity index (χ3n) is 5.35. The number of piperazine rings is 1. The van der Waals surface area contributed by atoms with E-state index in [4.69, 9.17) is 0 Å². The molecule has 2 unspecified atom stereocenters. The standard InChI is InChI=1S/C18H27N3O3/c22-13-20-8-10-21(11-9-20)18(24)16-12-15(16)17(23)19-7-6-14-4-2-1-3-5-14/h4,13,15-16H,1-3,5-12H2,(H,19,23). The Kier molecular flexibility index (Phi) is 5.53. The molecule has 1 aliphatic heterocycles. The van der Waals surface area contributed by atoms with Crippen LogP contribution in [0.25, 0.3) is 0 Å². The minimum atomic E-state index is -0.151. The van der Waals surface area contributed by atoms with E-state index in [0.717, 1.165) is 19.3 Å². The fourth-order valence-corrected chi connectivity index (χ4v) is 3.65. The Bertz CT molecular complexity index is 524. The average molecular weight is 333 g/mol. The first-order chi connectivity index (χ1) is 11.7. The summed E-state index contributed by atoms with van der Waals surface area (Å²) in [5, 5.41) is 2.99. The first-order valence-corrected chi connectivity index (χ1v) is 9.13. The molecule has 1 heterocycles. The fourth-order valence-electron chi connectivity index (χ4n) is 3.65. The van der Waals surface area contributed by atoms with Crippen LogP contribution in [0.2, 0.25) is 0 Å². The highest BCUT2D eigenvalue weighted by atomic mass is 16.2. The van der Waals surface area contributed by atoms with Gasteiger partial charge in [0.2, 0.25) is 18.2 Å². The SMILES string of the molecule is O=CN1CCN(C(=O)C2CC2C(=O)NCCC2=CCCCC2)CC1. The summed E-state index contributed by atoms with van der Waals surface area (Å²) in [5.74, 6) is -0.199. The lowest BCUT2D eigenvalue weighted by atomic mass is 9.97. The molecule has 0 aromatic heterocycles. The molecule has 0 aromatic rings. The van der Waals surface area contributed by atoms with Gasteiger partial charge in [0, 0.05) is 32.7 Å². The number of rotatable bonds is 6. The maximum atomic E-state index is 12.4. The van der Waals surface area contributed by atoms with Gasteiger partial charge in [0.05, 0.1) is 11.8 Å². The van der Waals surface area contributed by atoms with E-state index < -0.39 is 0 Å². The van der Waals surface area contributed by atoms with E-state index in [0.29, 0.717) is 39.1 Å². The first-order valence-electron chi connectivity index (χ1n) is 9.13. The summed E-state index contributed by atoms with van der Waals surface area (Å²) in [5.41, 5.74) is 1.46. The summed E-state index contributed by atoms with van der Waals surface area (Å²) in [6.45, 7) is 3.02. The van der Waals surface area contributed by atoms with Crippen molar-refractivity contribution in [3.05, 3.63) is 11.6 Å². The van der Waals surface area contributed by atoms with E-state index in [1.807, 2.05) is 0 Å². The zero-order valence-electron chi connectivity index (χ0n) is 14.2. The zero-order chi connectivity index (χ0) is 16.9. The molecule has 0 aromatic carbocycles. The van der Waals surface area contributed by atoms with Gasteiger partial charge in [0.25, 0.3) is 0 Å². The molecule has 2 fully saturated rings. The predicted octanol–water partition coefficient (Wildman–Crippen LogP) is 0.930. The van der Waals surface area contributed by atoms with Gasteiger partial charge in [-0.15, -0.1) is 0 Å². The molecule has 1 saturated heterocycles. The monoisotopic (exact) mass is 333 g/mol. The lowest BCUT2D eigenvalue weighted by Crippen LogP contribution is -2.48. The van der Waals surface area contributed by atoms with Gasteiger partial charge in [-0.2, -0.15) is 0 Å².